The van der Waals surface area contributed by atoms with Crippen LogP contribution < -0.4 is 4.31 Å². The first kappa shape index (κ1) is 23.9. The molecule has 0 aliphatic rings. The smallest absolute Gasteiger partial charge is 0.437 e. The molecule has 166 valence electrons. The summed E-state index contributed by atoms with van der Waals surface area (Å²) in [5.74, 6) is -1.73. The molecular weight excluding hydrogens is 429 g/mol. The maximum atomic E-state index is 13.4. The normalized spacial score (nSPS) is 11.6. The van der Waals surface area contributed by atoms with Crippen LogP contribution in [0, 0.1) is 5.82 Å². The molecule has 0 radical (unpaired) electrons. The topological polar surface area (TPSA) is 116 Å². The van der Waals surface area contributed by atoms with Crippen molar-refractivity contribution in [1.29, 1.82) is 0 Å². The molecule has 1 aromatic heterocycles. The van der Waals surface area contributed by atoms with E-state index in [1.165, 1.54) is 37.4 Å². The zero-order valence-electron chi connectivity index (χ0n) is 17.6. The molecule has 9 nitrogen and oxygen atoms in total. The van der Waals surface area contributed by atoms with Crippen LogP contribution in [0.5, 0.6) is 0 Å². The molecule has 1 heterocycles. The summed E-state index contributed by atoms with van der Waals surface area (Å²) in [5.41, 5.74) is 1.55. The summed E-state index contributed by atoms with van der Waals surface area (Å²) in [6, 6.07) is 5.39. The molecule has 0 fully saturated rings. The van der Waals surface area contributed by atoms with Crippen LogP contribution >= 0.6 is 0 Å². The number of methoxy groups -OCH3 is 1. The van der Waals surface area contributed by atoms with E-state index in [1.807, 2.05) is 13.8 Å². The molecule has 2 rings (SSSR count). The number of halogens is 1. The second kappa shape index (κ2) is 9.65. The lowest BCUT2D eigenvalue weighted by Crippen LogP contribution is -2.27. The van der Waals surface area contributed by atoms with Gasteiger partial charge in [-0.05, 0) is 36.3 Å². The zero-order chi connectivity index (χ0) is 23.3. The van der Waals surface area contributed by atoms with Gasteiger partial charge in [-0.2, -0.15) is 0 Å². The highest BCUT2D eigenvalue weighted by Crippen LogP contribution is 2.31. The fraction of sp³-hybridized carbons (Fsp3) is 0.300. The molecule has 0 aliphatic carbocycles. The fourth-order valence-corrected chi connectivity index (χ4v) is 2.88. The number of aromatic nitrogens is 2. The monoisotopic (exact) mass is 451 g/mol. The molecule has 31 heavy (non-hydrogen) atoms. The Bertz CT molecular complexity index is 1110. The van der Waals surface area contributed by atoms with Gasteiger partial charge in [0.05, 0.1) is 24.8 Å². The highest BCUT2D eigenvalue weighted by molar-refractivity contribution is 7.92. The molecule has 0 spiro atoms. The Morgan fingerprint density at radius 2 is 1.77 bits per heavy atom. The SMILES string of the molecule is COC(=O)OC(=O)/C=C/c1c(-c2ccc(F)cc2)nc(N(C)S(C)(=O)=O)nc1C(C)C. The number of rotatable bonds is 6. The van der Waals surface area contributed by atoms with E-state index in [0.717, 1.165) is 23.7 Å². The number of nitrogens with zero attached hydrogens (tertiary/aromatic N) is 3. The van der Waals surface area contributed by atoms with Gasteiger partial charge in [0.25, 0.3) is 0 Å². The van der Waals surface area contributed by atoms with Gasteiger partial charge in [-0.3, -0.25) is 0 Å². The van der Waals surface area contributed by atoms with Crippen LogP contribution in [-0.2, 0) is 24.3 Å². The lowest BCUT2D eigenvalue weighted by molar-refractivity contribution is -0.133. The molecule has 1 aromatic carbocycles. The highest BCUT2D eigenvalue weighted by atomic mass is 32.2. The van der Waals surface area contributed by atoms with Crippen LogP contribution in [0.4, 0.5) is 15.1 Å². The summed E-state index contributed by atoms with van der Waals surface area (Å²) in [7, 11) is -1.28. The molecule has 0 saturated carbocycles. The van der Waals surface area contributed by atoms with Crippen LogP contribution in [0.25, 0.3) is 17.3 Å². The lowest BCUT2D eigenvalue weighted by atomic mass is 9.98. The molecule has 0 amide bonds. The number of benzene rings is 1. The van der Waals surface area contributed by atoms with Crippen molar-refractivity contribution in [3.63, 3.8) is 0 Å². The number of carbonyl (C=O) groups excluding carboxylic acids is 2. The summed E-state index contributed by atoms with van der Waals surface area (Å²) >= 11 is 0. The van der Waals surface area contributed by atoms with Crippen molar-refractivity contribution in [2.24, 2.45) is 0 Å². The second-order valence-electron chi connectivity index (χ2n) is 6.77. The Kier molecular flexibility index (Phi) is 7.45. The number of esters is 1. The van der Waals surface area contributed by atoms with Crippen molar-refractivity contribution in [3.05, 3.63) is 47.4 Å². The summed E-state index contributed by atoms with van der Waals surface area (Å²) in [4.78, 5) is 31.7. The number of anilines is 1. The van der Waals surface area contributed by atoms with E-state index in [1.54, 1.807) is 0 Å². The largest absolute Gasteiger partial charge is 0.516 e. The number of carbonyl (C=O) groups is 2. The Morgan fingerprint density at radius 1 is 1.16 bits per heavy atom. The van der Waals surface area contributed by atoms with Gasteiger partial charge in [-0.15, -0.1) is 0 Å². The van der Waals surface area contributed by atoms with E-state index in [2.05, 4.69) is 19.4 Å². The molecule has 0 unspecified atom stereocenters. The van der Waals surface area contributed by atoms with Crippen LogP contribution in [0.2, 0.25) is 0 Å². The Labute approximate surface area is 179 Å². The molecule has 0 atom stereocenters. The summed E-state index contributed by atoms with van der Waals surface area (Å²) in [6.07, 6.45) is 2.19. The van der Waals surface area contributed by atoms with Gasteiger partial charge < -0.3 is 9.47 Å². The Balaban J connectivity index is 2.72. The van der Waals surface area contributed by atoms with Crippen LogP contribution in [0.1, 0.15) is 31.0 Å². The third kappa shape index (κ3) is 6.07. The van der Waals surface area contributed by atoms with E-state index in [9.17, 15) is 22.4 Å². The van der Waals surface area contributed by atoms with Crippen molar-refractivity contribution in [3.8, 4) is 11.3 Å². The maximum absolute atomic E-state index is 13.4. The van der Waals surface area contributed by atoms with Gasteiger partial charge in [0.1, 0.15) is 5.82 Å². The average molecular weight is 451 g/mol. The number of hydrogen-bond donors (Lipinski definition) is 0. The van der Waals surface area contributed by atoms with Crippen molar-refractivity contribution >= 4 is 34.2 Å². The number of sulfonamides is 1. The van der Waals surface area contributed by atoms with Gasteiger partial charge in [0.15, 0.2) is 0 Å². The van der Waals surface area contributed by atoms with Crippen LogP contribution in [-0.4, -0.2) is 50.9 Å². The summed E-state index contributed by atoms with van der Waals surface area (Å²) < 4.78 is 47.1. The molecule has 0 saturated heterocycles. The van der Waals surface area contributed by atoms with Gasteiger partial charge in [-0.1, -0.05) is 13.8 Å². The van der Waals surface area contributed by atoms with Gasteiger partial charge in [-0.25, -0.2) is 36.7 Å². The maximum Gasteiger partial charge on any atom is 0.516 e. The third-order valence-corrected chi connectivity index (χ3v) is 5.30. The van der Waals surface area contributed by atoms with Crippen LogP contribution in [0.3, 0.4) is 0 Å². The first-order chi connectivity index (χ1) is 14.4. The van der Waals surface area contributed by atoms with E-state index >= 15 is 0 Å². The molecule has 0 aliphatic heterocycles. The van der Waals surface area contributed by atoms with Crippen molar-refractivity contribution < 1.29 is 31.9 Å². The van der Waals surface area contributed by atoms with E-state index in [-0.39, 0.29) is 17.6 Å². The molecule has 0 bridgehead atoms. The van der Waals surface area contributed by atoms with E-state index in [4.69, 9.17) is 0 Å². The highest BCUT2D eigenvalue weighted by Gasteiger charge is 2.22. The summed E-state index contributed by atoms with van der Waals surface area (Å²) in [5, 5.41) is 0. The van der Waals surface area contributed by atoms with Crippen molar-refractivity contribution in [2.75, 3.05) is 24.7 Å². The predicted octanol–water partition coefficient (Wildman–Crippen LogP) is 3.12. The number of ether oxygens (including phenoxy) is 2. The minimum absolute atomic E-state index is 0.0835. The summed E-state index contributed by atoms with van der Waals surface area (Å²) in [6.45, 7) is 3.65. The van der Waals surface area contributed by atoms with Crippen LogP contribution in [0.15, 0.2) is 30.3 Å². The Hall–Kier alpha value is -3.34. The first-order valence-corrected chi connectivity index (χ1v) is 10.9. The second-order valence-corrected chi connectivity index (χ2v) is 8.79. The quantitative estimate of drug-likeness (QED) is 0.374. The van der Waals surface area contributed by atoms with Crippen molar-refractivity contribution in [2.45, 2.75) is 19.8 Å². The lowest BCUT2D eigenvalue weighted by Gasteiger charge is -2.20. The fourth-order valence-electron chi connectivity index (χ4n) is 2.51. The third-order valence-electron chi connectivity index (χ3n) is 4.14. The van der Waals surface area contributed by atoms with Crippen molar-refractivity contribution in [1.82, 2.24) is 9.97 Å². The van der Waals surface area contributed by atoms with E-state index < -0.39 is 28.0 Å². The molecule has 11 heteroatoms. The predicted molar refractivity (Wildman–Crippen MR) is 112 cm³/mol. The van der Waals surface area contributed by atoms with Gasteiger partial charge >= 0.3 is 12.1 Å². The molecule has 2 aromatic rings. The molecule has 0 N–H and O–H groups in total. The van der Waals surface area contributed by atoms with E-state index in [0.29, 0.717) is 16.8 Å². The number of hydrogen-bond acceptors (Lipinski definition) is 8. The molecular formula is C20H22FN3O6S. The van der Waals surface area contributed by atoms with Gasteiger partial charge in [0.2, 0.25) is 16.0 Å². The Morgan fingerprint density at radius 3 is 2.29 bits per heavy atom. The zero-order valence-corrected chi connectivity index (χ0v) is 18.4. The standard InChI is InChI=1S/C20H22FN3O6S/c1-12(2)17-15(10-11-16(25)30-20(26)29-4)18(13-6-8-14(21)9-7-13)23-19(22-17)24(3)31(5,27)28/h6-12H,1-5H3/b11-10+. The average Bonchev–Trinajstić information content (AvgIpc) is 2.70. The van der Waals surface area contributed by atoms with Gasteiger partial charge in [0, 0.05) is 24.3 Å². The first-order valence-electron chi connectivity index (χ1n) is 9.03. The minimum Gasteiger partial charge on any atom is -0.437 e. The minimum atomic E-state index is -3.65.